The summed E-state index contributed by atoms with van der Waals surface area (Å²) in [5, 5.41) is 7.21. The molecule has 0 saturated heterocycles. The molecule has 0 saturated carbocycles. The predicted molar refractivity (Wildman–Crippen MR) is 58.4 cm³/mol. The molecule has 0 radical (unpaired) electrons. The van der Waals surface area contributed by atoms with Crippen LogP contribution in [0.1, 0.15) is 5.69 Å². The first-order valence-electron chi connectivity index (χ1n) is 4.15. The number of imidazole rings is 1. The average molecular weight is 286 g/mol. The van der Waals surface area contributed by atoms with Crippen LogP contribution in [0, 0.1) is 5.41 Å². The molecular formula is C9H10BrN4S-. The number of thioether (sulfide) groups is 1. The molecule has 0 fully saturated rings. The van der Waals surface area contributed by atoms with Gasteiger partial charge in [-0.05, 0) is 12.1 Å². The molecule has 2 rings (SSSR count). The summed E-state index contributed by atoms with van der Waals surface area (Å²) in [6, 6.07) is 5.85. The molecule has 2 heterocycles. The Bertz CT molecular complexity index is 435. The van der Waals surface area contributed by atoms with Crippen LogP contribution in [-0.2, 0) is 5.75 Å². The lowest BCUT2D eigenvalue weighted by molar-refractivity contribution is -0.00000327. The first-order chi connectivity index (χ1) is 6.75. The molecule has 0 aliphatic heterocycles. The first-order valence-corrected chi connectivity index (χ1v) is 5.14. The Morgan fingerprint density at radius 2 is 2.33 bits per heavy atom. The van der Waals surface area contributed by atoms with Gasteiger partial charge in [-0.3, -0.25) is 5.41 Å². The van der Waals surface area contributed by atoms with Gasteiger partial charge in [-0.25, -0.2) is 4.98 Å². The number of rotatable bonds is 2. The van der Waals surface area contributed by atoms with Gasteiger partial charge in [-0.2, -0.15) is 0 Å². The summed E-state index contributed by atoms with van der Waals surface area (Å²) in [6.07, 6.45) is 3.90. The smallest absolute Gasteiger partial charge is 0.151 e. The van der Waals surface area contributed by atoms with Crippen LogP contribution in [-0.4, -0.2) is 14.6 Å². The minimum Gasteiger partial charge on any atom is -1.00 e. The van der Waals surface area contributed by atoms with Gasteiger partial charge in [0.05, 0.1) is 5.69 Å². The number of nitrogens with one attached hydrogen (secondary N) is 1. The van der Waals surface area contributed by atoms with Gasteiger partial charge >= 0.3 is 0 Å². The van der Waals surface area contributed by atoms with Gasteiger partial charge in [0.15, 0.2) is 5.17 Å². The van der Waals surface area contributed by atoms with Crippen molar-refractivity contribution in [3.63, 3.8) is 0 Å². The van der Waals surface area contributed by atoms with Crippen LogP contribution in [0.5, 0.6) is 0 Å². The van der Waals surface area contributed by atoms with Crippen molar-refractivity contribution in [1.82, 2.24) is 9.38 Å². The highest BCUT2D eigenvalue weighted by Crippen LogP contribution is 2.11. The number of nitrogens with zero attached hydrogens (tertiary/aromatic N) is 2. The highest BCUT2D eigenvalue weighted by molar-refractivity contribution is 8.13. The fourth-order valence-electron chi connectivity index (χ4n) is 1.21. The molecular weight excluding hydrogens is 276 g/mol. The van der Waals surface area contributed by atoms with E-state index in [1.54, 1.807) is 0 Å². The molecule has 0 unspecified atom stereocenters. The molecule has 0 aliphatic carbocycles. The summed E-state index contributed by atoms with van der Waals surface area (Å²) >= 11 is 1.28. The van der Waals surface area contributed by atoms with E-state index in [1.807, 2.05) is 35.0 Å². The van der Waals surface area contributed by atoms with E-state index < -0.39 is 0 Å². The van der Waals surface area contributed by atoms with Gasteiger partial charge in [-0.15, -0.1) is 0 Å². The van der Waals surface area contributed by atoms with Gasteiger partial charge in [0.25, 0.3) is 0 Å². The molecule has 2 aromatic heterocycles. The Balaban J connectivity index is 0.00000112. The number of nitrogens with two attached hydrogens (primary N) is 1. The Morgan fingerprint density at radius 3 is 3.00 bits per heavy atom. The van der Waals surface area contributed by atoms with Crippen LogP contribution in [0.25, 0.3) is 5.65 Å². The second-order valence-corrected chi connectivity index (χ2v) is 3.87. The molecule has 15 heavy (non-hydrogen) atoms. The second kappa shape index (κ2) is 5.18. The van der Waals surface area contributed by atoms with E-state index >= 15 is 0 Å². The van der Waals surface area contributed by atoms with Crippen LogP contribution in [0.2, 0.25) is 0 Å². The van der Waals surface area contributed by atoms with Crippen LogP contribution < -0.4 is 22.7 Å². The van der Waals surface area contributed by atoms with Crippen molar-refractivity contribution in [2.24, 2.45) is 5.73 Å². The van der Waals surface area contributed by atoms with Crippen molar-refractivity contribution < 1.29 is 17.0 Å². The first kappa shape index (κ1) is 12.1. The summed E-state index contributed by atoms with van der Waals surface area (Å²) < 4.78 is 1.95. The van der Waals surface area contributed by atoms with Gasteiger partial charge in [0.2, 0.25) is 0 Å². The summed E-state index contributed by atoms with van der Waals surface area (Å²) in [4.78, 5) is 4.37. The third-order valence-electron chi connectivity index (χ3n) is 1.79. The Labute approximate surface area is 102 Å². The summed E-state index contributed by atoms with van der Waals surface area (Å²) in [7, 11) is 0. The van der Waals surface area contributed by atoms with Gasteiger partial charge < -0.3 is 27.1 Å². The third-order valence-corrected chi connectivity index (χ3v) is 2.54. The lowest BCUT2D eigenvalue weighted by Crippen LogP contribution is -3.00. The van der Waals surface area contributed by atoms with E-state index in [2.05, 4.69) is 4.98 Å². The maximum absolute atomic E-state index is 7.08. The summed E-state index contributed by atoms with van der Waals surface area (Å²) in [5.41, 5.74) is 7.11. The van der Waals surface area contributed by atoms with E-state index in [0.717, 1.165) is 11.3 Å². The monoisotopic (exact) mass is 285 g/mol. The van der Waals surface area contributed by atoms with Crippen molar-refractivity contribution in [2.45, 2.75) is 5.75 Å². The molecule has 0 amide bonds. The van der Waals surface area contributed by atoms with Crippen molar-refractivity contribution in [1.29, 1.82) is 5.41 Å². The molecule has 0 bridgehead atoms. The standard InChI is InChI=1S/C9H10N4S.BrH/c10-9(11)14-6-7-5-13-4-2-1-3-8(13)12-7;/h1-5H,6H2,(H3,10,11);1H/p-1. The van der Waals surface area contributed by atoms with Crippen LogP contribution >= 0.6 is 11.8 Å². The predicted octanol–water partition coefficient (Wildman–Crippen LogP) is -1.54. The normalized spacial score (nSPS) is 9.87. The van der Waals surface area contributed by atoms with Crippen molar-refractivity contribution >= 4 is 22.6 Å². The number of amidine groups is 1. The van der Waals surface area contributed by atoms with E-state index in [4.69, 9.17) is 11.1 Å². The largest absolute Gasteiger partial charge is 1.00 e. The highest BCUT2D eigenvalue weighted by Gasteiger charge is 2.01. The molecule has 2 aromatic rings. The highest BCUT2D eigenvalue weighted by atomic mass is 79.9. The molecule has 0 atom stereocenters. The van der Waals surface area contributed by atoms with E-state index in [9.17, 15) is 0 Å². The van der Waals surface area contributed by atoms with Crippen molar-refractivity contribution in [3.8, 4) is 0 Å². The number of aromatic nitrogens is 2. The minimum atomic E-state index is 0. The molecule has 6 heteroatoms. The number of pyridine rings is 1. The molecule has 0 spiro atoms. The lowest BCUT2D eigenvalue weighted by Gasteiger charge is -1.92. The zero-order chi connectivity index (χ0) is 9.97. The Kier molecular flexibility index (Phi) is 4.16. The average Bonchev–Trinajstić information content (AvgIpc) is 2.57. The van der Waals surface area contributed by atoms with E-state index in [1.165, 1.54) is 11.8 Å². The SMILES string of the molecule is N=C(N)SCc1cn2ccccc2n1.[Br-]. The molecule has 80 valence electrons. The fraction of sp³-hybridized carbons (Fsp3) is 0.111. The van der Waals surface area contributed by atoms with Gasteiger partial charge in [0.1, 0.15) is 5.65 Å². The Morgan fingerprint density at radius 1 is 1.53 bits per heavy atom. The number of hydrogen-bond acceptors (Lipinski definition) is 3. The van der Waals surface area contributed by atoms with Crippen LogP contribution in [0.4, 0.5) is 0 Å². The Hall–Kier alpha value is -1.01. The number of halogens is 1. The molecule has 3 N–H and O–H groups in total. The van der Waals surface area contributed by atoms with Crippen molar-refractivity contribution in [2.75, 3.05) is 0 Å². The molecule has 4 nitrogen and oxygen atoms in total. The van der Waals surface area contributed by atoms with E-state index in [-0.39, 0.29) is 22.1 Å². The number of fused-ring (bicyclic) bond motifs is 1. The van der Waals surface area contributed by atoms with Gasteiger partial charge in [-0.1, -0.05) is 17.8 Å². The summed E-state index contributed by atoms with van der Waals surface area (Å²) in [6.45, 7) is 0. The van der Waals surface area contributed by atoms with Crippen molar-refractivity contribution in [3.05, 3.63) is 36.3 Å². The topological polar surface area (TPSA) is 67.2 Å². The van der Waals surface area contributed by atoms with E-state index in [0.29, 0.717) is 5.75 Å². The summed E-state index contributed by atoms with van der Waals surface area (Å²) in [5.74, 6) is 0.650. The molecule has 0 aromatic carbocycles. The minimum absolute atomic E-state index is 0. The third kappa shape index (κ3) is 2.97. The van der Waals surface area contributed by atoms with Crippen LogP contribution in [0.3, 0.4) is 0 Å². The lowest BCUT2D eigenvalue weighted by atomic mass is 10.5. The fourth-order valence-corrected chi connectivity index (χ4v) is 1.65. The maximum Gasteiger partial charge on any atom is 0.151 e. The van der Waals surface area contributed by atoms with Gasteiger partial charge in [0, 0.05) is 18.1 Å². The molecule has 0 aliphatic rings. The zero-order valence-electron chi connectivity index (χ0n) is 7.85. The number of hydrogen-bond donors (Lipinski definition) is 2. The zero-order valence-corrected chi connectivity index (χ0v) is 10.3. The quantitative estimate of drug-likeness (QED) is 0.520. The maximum atomic E-state index is 7.08. The second-order valence-electron chi connectivity index (χ2n) is 2.85. The van der Waals surface area contributed by atoms with Crippen LogP contribution in [0.15, 0.2) is 30.6 Å².